The lowest BCUT2D eigenvalue weighted by Gasteiger charge is -2.22. The van der Waals surface area contributed by atoms with Crippen molar-refractivity contribution in [1.29, 1.82) is 0 Å². The number of hydrogen-bond donors (Lipinski definition) is 1. The van der Waals surface area contributed by atoms with Gasteiger partial charge in [-0.1, -0.05) is 30.3 Å². The van der Waals surface area contributed by atoms with Crippen LogP contribution >= 0.6 is 0 Å². The maximum Gasteiger partial charge on any atom is 0.416 e. The smallest absolute Gasteiger partial charge is 0.416 e. The van der Waals surface area contributed by atoms with E-state index in [1.54, 1.807) is 12.1 Å². The van der Waals surface area contributed by atoms with Gasteiger partial charge in [-0.25, -0.2) is 4.79 Å². The molecule has 2 aromatic rings. The first-order valence-electron chi connectivity index (χ1n) is 9.32. The molecule has 31 heavy (non-hydrogen) atoms. The average molecular weight is 442 g/mol. The van der Waals surface area contributed by atoms with Crippen LogP contribution in [0.15, 0.2) is 48.5 Å². The monoisotopic (exact) mass is 442 g/mol. The minimum absolute atomic E-state index is 0.00953. The minimum Gasteiger partial charge on any atom is -0.435 e. The molecule has 10 heteroatoms. The normalized spacial score (nSPS) is 19.1. The van der Waals surface area contributed by atoms with Crippen molar-refractivity contribution in [2.75, 3.05) is 0 Å². The van der Waals surface area contributed by atoms with E-state index in [4.69, 9.17) is 0 Å². The molecule has 1 aliphatic rings. The second-order valence-corrected chi connectivity index (χ2v) is 7.33. The summed E-state index contributed by atoms with van der Waals surface area (Å²) in [5.74, 6) is -0.642. The number of ether oxygens (including phenoxy) is 1. The Bertz CT molecular complexity index is 962. The van der Waals surface area contributed by atoms with E-state index in [9.17, 15) is 31.5 Å². The quantitative estimate of drug-likeness (QED) is 0.497. The standard InChI is InChI=1S/C21H19F5N2O3/c1-20(11-10-13-6-8-15(9-7-13)31-18(22)23)17(29)28(19(30)27-20)12-14-4-2-3-5-16(14)21(24,25)26/h2-9,18H,10-12H2,1H3,(H,27,30). The molecule has 0 radical (unpaired) electrons. The van der Waals surface area contributed by atoms with Gasteiger partial charge in [0.2, 0.25) is 0 Å². The predicted molar refractivity (Wildman–Crippen MR) is 100 cm³/mol. The number of urea groups is 1. The van der Waals surface area contributed by atoms with Crippen LogP contribution in [0.25, 0.3) is 0 Å². The van der Waals surface area contributed by atoms with Crippen LogP contribution < -0.4 is 10.1 Å². The van der Waals surface area contributed by atoms with Gasteiger partial charge >= 0.3 is 18.8 Å². The van der Waals surface area contributed by atoms with Crippen molar-refractivity contribution in [2.24, 2.45) is 0 Å². The van der Waals surface area contributed by atoms with Gasteiger partial charge in [0.25, 0.3) is 5.91 Å². The molecule has 1 aliphatic heterocycles. The molecule has 1 unspecified atom stereocenters. The van der Waals surface area contributed by atoms with Crippen LogP contribution in [0, 0.1) is 0 Å². The molecule has 1 saturated heterocycles. The summed E-state index contributed by atoms with van der Waals surface area (Å²) < 4.78 is 68.4. The summed E-state index contributed by atoms with van der Waals surface area (Å²) in [7, 11) is 0. The number of hydrogen-bond acceptors (Lipinski definition) is 3. The van der Waals surface area contributed by atoms with Crippen molar-refractivity contribution in [1.82, 2.24) is 10.2 Å². The van der Waals surface area contributed by atoms with Crippen molar-refractivity contribution in [3.8, 4) is 5.75 Å². The molecule has 0 aliphatic carbocycles. The van der Waals surface area contributed by atoms with Gasteiger partial charge in [-0.15, -0.1) is 0 Å². The molecule has 0 saturated carbocycles. The highest BCUT2D eigenvalue weighted by molar-refractivity contribution is 6.06. The van der Waals surface area contributed by atoms with Crippen molar-refractivity contribution in [2.45, 2.75) is 44.6 Å². The lowest BCUT2D eigenvalue weighted by Crippen LogP contribution is -2.44. The molecule has 1 fully saturated rings. The Morgan fingerprint density at radius 3 is 2.32 bits per heavy atom. The second kappa shape index (κ2) is 8.52. The molecule has 1 N–H and O–H groups in total. The summed E-state index contributed by atoms with van der Waals surface area (Å²) >= 11 is 0. The van der Waals surface area contributed by atoms with Crippen LogP contribution in [0.5, 0.6) is 5.75 Å². The zero-order chi connectivity index (χ0) is 22.8. The van der Waals surface area contributed by atoms with Crippen LogP contribution in [0.3, 0.4) is 0 Å². The highest BCUT2D eigenvalue weighted by atomic mass is 19.4. The maximum absolute atomic E-state index is 13.2. The zero-order valence-corrected chi connectivity index (χ0v) is 16.4. The van der Waals surface area contributed by atoms with E-state index in [1.807, 2.05) is 0 Å². The van der Waals surface area contributed by atoms with Gasteiger partial charge in [-0.05, 0) is 49.1 Å². The number of nitrogens with zero attached hydrogens (tertiary/aromatic N) is 1. The largest absolute Gasteiger partial charge is 0.435 e. The van der Waals surface area contributed by atoms with Gasteiger partial charge in [0.05, 0.1) is 12.1 Å². The van der Waals surface area contributed by atoms with Gasteiger partial charge in [-0.3, -0.25) is 9.69 Å². The van der Waals surface area contributed by atoms with Crippen molar-refractivity contribution < 1.29 is 36.3 Å². The number of benzene rings is 2. The molecule has 3 rings (SSSR count). The van der Waals surface area contributed by atoms with Crippen molar-refractivity contribution in [3.63, 3.8) is 0 Å². The second-order valence-electron chi connectivity index (χ2n) is 7.33. The van der Waals surface area contributed by atoms with Crippen LogP contribution in [0.2, 0.25) is 0 Å². The molecule has 1 atom stereocenters. The van der Waals surface area contributed by atoms with Gasteiger partial charge in [-0.2, -0.15) is 22.0 Å². The van der Waals surface area contributed by atoms with Crippen molar-refractivity contribution >= 4 is 11.9 Å². The Balaban J connectivity index is 1.69. The first-order chi connectivity index (χ1) is 14.5. The highest BCUT2D eigenvalue weighted by Gasteiger charge is 2.47. The van der Waals surface area contributed by atoms with E-state index in [0.29, 0.717) is 12.0 Å². The summed E-state index contributed by atoms with van der Waals surface area (Å²) in [5.41, 5.74) is -1.68. The fraction of sp³-hybridized carbons (Fsp3) is 0.333. The van der Waals surface area contributed by atoms with Crippen LogP contribution in [-0.4, -0.2) is 29.0 Å². The molecule has 0 bridgehead atoms. The molecule has 5 nitrogen and oxygen atoms in total. The third-order valence-corrected chi connectivity index (χ3v) is 5.06. The lowest BCUT2D eigenvalue weighted by atomic mass is 9.93. The van der Waals surface area contributed by atoms with Crippen LogP contribution in [0.4, 0.5) is 26.7 Å². The number of amides is 3. The number of imide groups is 1. The lowest BCUT2D eigenvalue weighted by molar-refractivity contribution is -0.139. The molecule has 1 heterocycles. The fourth-order valence-corrected chi connectivity index (χ4v) is 3.40. The molecule has 0 spiro atoms. The van der Waals surface area contributed by atoms with E-state index in [-0.39, 0.29) is 17.7 Å². The number of alkyl halides is 5. The van der Waals surface area contributed by atoms with E-state index >= 15 is 0 Å². The summed E-state index contributed by atoms with van der Waals surface area (Å²) in [5, 5.41) is 2.55. The highest BCUT2D eigenvalue weighted by Crippen LogP contribution is 2.33. The predicted octanol–water partition coefficient (Wildman–Crippen LogP) is 4.75. The maximum atomic E-state index is 13.2. The van der Waals surface area contributed by atoms with E-state index in [1.165, 1.54) is 37.3 Å². The zero-order valence-electron chi connectivity index (χ0n) is 16.4. The Labute approximate surface area is 174 Å². The van der Waals surface area contributed by atoms with E-state index in [2.05, 4.69) is 10.1 Å². The topological polar surface area (TPSA) is 58.6 Å². The molecule has 166 valence electrons. The first-order valence-corrected chi connectivity index (χ1v) is 9.32. The van der Waals surface area contributed by atoms with Crippen molar-refractivity contribution in [3.05, 3.63) is 65.2 Å². The van der Waals surface area contributed by atoms with E-state index in [0.717, 1.165) is 11.0 Å². The summed E-state index contributed by atoms with van der Waals surface area (Å²) in [6.45, 7) is -1.95. The fourth-order valence-electron chi connectivity index (χ4n) is 3.40. The molecule has 3 amide bonds. The summed E-state index contributed by atoms with van der Waals surface area (Å²) in [6.07, 6.45) is -4.12. The van der Waals surface area contributed by atoms with E-state index < -0.39 is 42.4 Å². The molecule has 0 aromatic heterocycles. The number of nitrogens with one attached hydrogen (secondary N) is 1. The Morgan fingerprint density at radius 1 is 1.06 bits per heavy atom. The van der Waals surface area contributed by atoms with Gasteiger partial charge in [0.1, 0.15) is 11.3 Å². The van der Waals surface area contributed by atoms with Gasteiger partial charge < -0.3 is 10.1 Å². The first kappa shape index (κ1) is 22.5. The summed E-state index contributed by atoms with van der Waals surface area (Å²) in [4.78, 5) is 26.0. The number of carbonyl (C=O) groups is 2. The SMILES string of the molecule is CC1(CCc2ccc(OC(F)F)cc2)NC(=O)N(Cc2ccccc2C(F)(F)F)C1=O. The minimum atomic E-state index is -4.61. The van der Waals surface area contributed by atoms with Gasteiger partial charge in [0.15, 0.2) is 0 Å². The molecule has 2 aromatic carbocycles. The molecular weight excluding hydrogens is 423 g/mol. The Morgan fingerprint density at radius 2 is 1.71 bits per heavy atom. The average Bonchev–Trinajstić information content (AvgIpc) is 2.90. The summed E-state index contributed by atoms with van der Waals surface area (Å²) in [6, 6.07) is 9.82. The van der Waals surface area contributed by atoms with Crippen LogP contribution in [0.1, 0.15) is 30.0 Å². The Hall–Kier alpha value is -3.17. The Kier molecular flexibility index (Phi) is 6.19. The number of carbonyl (C=O) groups excluding carboxylic acids is 2. The van der Waals surface area contributed by atoms with Crippen LogP contribution in [-0.2, 0) is 23.9 Å². The number of aryl methyl sites for hydroxylation is 1. The van der Waals surface area contributed by atoms with Gasteiger partial charge in [0, 0.05) is 0 Å². The molecular formula is C21H19F5N2O3. The number of halogens is 5. The number of rotatable bonds is 7. The third-order valence-electron chi connectivity index (χ3n) is 5.06. The third kappa shape index (κ3) is 5.12.